The fraction of sp³-hybridized carbons (Fsp3) is 0.267. The number of carbonyl (C=O) groups is 4. The number of ether oxygens (including phenoxy) is 2. The van der Waals surface area contributed by atoms with Crippen molar-refractivity contribution in [1.82, 2.24) is 5.32 Å². The van der Waals surface area contributed by atoms with Gasteiger partial charge in [-0.3, -0.25) is 9.59 Å². The summed E-state index contributed by atoms with van der Waals surface area (Å²) in [6.45, 7) is 9.41. The van der Waals surface area contributed by atoms with E-state index >= 15 is 0 Å². The van der Waals surface area contributed by atoms with Gasteiger partial charge in [-0.25, -0.2) is 9.59 Å². The predicted molar refractivity (Wildman–Crippen MR) is 161 cm³/mol. The highest BCUT2D eigenvalue weighted by Gasteiger charge is 2.22. The molecule has 3 aromatic rings. The minimum atomic E-state index is -0.802. The van der Waals surface area contributed by atoms with E-state index < -0.39 is 11.9 Å². The first-order valence-corrected chi connectivity index (χ1v) is 12.6. The van der Waals surface area contributed by atoms with Gasteiger partial charge in [0.15, 0.2) is 11.5 Å². The van der Waals surface area contributed by atoms with Gasteiger partial charge in [0, 0.05) is 30.8 Å². The van der Waals surface area contributed by atoms with Gasteiger partial charge in [0.25, 0.3) is 0 Å². The van der Waals surface area contributed by atoms with Crippen LogP contribution in [0.15, 0.2) is 60.7 Å². The molecular formula is C30H34BrN3O7. The van der Waals surface area contributed by atoms with Gasteiger partial charge in [-0.15, -0.1) is 17.0 Å². The van der Waals surface area contributed by atoms with Crippen LogP contribution < -0.4 is 25.4 Å². The summed E-state index contributed by atoms with van der Waals surface area (Å²) in [4.78, 5) is 48.4. The lowest BCUT2D eigenvalue weighted by Crippen LogP contribution is -2.37. The number of phenols is 1. The zero-order valence-corrected chi connectivity index (χ0v) is 25.2. The second kappa shape index (κ2) is 14.4. The van der Waals surface area contributed by atoms with Gasteiger partial charge in [0.05, 0.1) is 11.1 Å². The Bertz CT molecular complexity index is 1400. The minimum absolute atomic E-state index is 0. The monoisotopic (exact) mass is 627 g/mol. The summed E-state index contributed by atoms with van der Waals surface area (Å²) >= 11 is 0. The van der Waals surface area contributed by atoms with Crippen molar-refractivity contribution in [2.75, 3.05) is 17.2 Å². The number of hydrogen-bond acceptors (Lipinski definition) is 8. The molecule has 0 fully saturated rings. The summed E-state index contributed by atoms with van der Waals surface area (Å²) in [6, 6.07) is 15.0. The predicted octanol–water partition coefficient (Wildman–Crippen LogP) is 5.26. The highest BCUT2D eigenvalue weighted by molar-refractivity contribution is 8.93. The summed E-state index contributed by atoms with van der Waals surface area (Å²) < 4.78 is 11.1. The Labute approximate surface area is 249 Å². The Hall–Kier alpha value is -4.22. The highest BCUT2D eigenvalue weighted by atomic mass is 79.9. The third kappa shape index (κ3) is 10.4. The molecular weight excluding hydrogens is 594 g/mol. The number of hydrogen-bond donors (Lipinski definition) is 4. The molecule has 11 heteroatoms. The van der Waals surface area contributed by atoms with Crippen molar-refractivity contribution in [2.24, 2.45) is 0 Å². The van der Waals surface area contributed by atoms with Crippen LogP contribution in [-0.2, 0) is 16.0 Å². The van der Waals surface area contributed by atoms with Crippen molar-refractivity contribution >= 4 is 52.1 Å². The molecule has 0 atom stereocenters. The zero-order chi connectivity index (χ0) is 29.4. The number of nitrogens with one attached hydrogen (secondary N) is 3. The summed E-state index contributed by atoms with van der Waals surface area (Å²) in [5, 5.41) is 19.4. The van der Waals surface area contributed by atoms with Crippen LogP contribution in [0.4, 0.5) is 11.4 Å². The van der Waals surface area contributed by atoms with E-state index in [1.54, 1.807) is 12.1 Å². The van der Waals surface area contributed by atoms with Crippen LogP contribution in [0.2, 0.25) is 0 Å². The van der Waals surface area contributed by atoms with Gasteiger partial charge in [-0.1, -0.05) is 0 Å². The summed E-state index contributed by atoms with van der Waals surface area (Å²) in [5.41, 5.74) is 1.87. The highest BCUT2D eigenvalue weighted by Crippen LogP contribution is 2.39. The van der Waals surface area contributed by atoms with Gasteiger partial charge in [-0.2, -0.15) is 0 Å². The number of anilines is 2. The molecule has 0 saturated carbocycles. The van der Waals surface area contributed by atoms with E-state index in [0.717, 1.165) is 0 Å². The maximum absolute atomic E-state index is 13.0. The lowest BCUT2D eigenvalue weighted by Gasteiger charge is -2.20. The molecule has 0 aliphatic carbocycles. The van der Waals surface area contributed by atoms with Crippen LogP contribution in [0.5, 0.6) is 17.2 Å². The second-order valence-corrected chi connectivity index (χ2v) is 10.2. The van der Waals surface area contributed by atoms with Crippen LogP contribution in [0.3, 0.4) is 0 Å². The van der Waals surface area contributed by atoms with E-state index in [4.69, 9.17) is 9.47 Å². The molecule has 41 heavy (non-hydrogen) atoms. The molecule has 3 aromatic carbocycles. The minimum Gasteiger partial charge on any atom is -0.504 e. The van der Waals surface area contributed by atoms with Crippen molar-refractivity contribution in [3.8, 4) is 17.2 Å². The molecule has 4 N–H and O–H groups in total. The molecule has 10 nitrogen and oxygen atoms in total. The van der Waals surface area contributed by atoms with E-state index in [1.165, 1.54) is 62.4 Å². The maximum atomic E-state index is 13.0. The fourth-order valence-electron chi connectivity index (χ4n) is 3.64. The van der Waals surface area contributed by atoms with Crippen molar-refractivity contribution in [3.63, 3.8) is 0 Å². The van der Waals surface area contributed by atoms with Crippen LogP contribution in [-0.4, -0.2) is 40.9 Å². The number of amides is 2. The first-order valence-electron chi connectivity index (χ1n) is 12.6. The smallest absolute Gasteiger partial charge is 0.343 e. The van der Waals surface area contributed by atoms with Gasteiger partial charge in [0.1, 0.15) is 0 Å². The quantitative estimate of drug-likeness (QED) is 0.186. The topological polar surface area (TPSA) is 143 Å². The lowest BCUT2D eigenvalue weighted by molar-refractivity contribution is -0.115. The van der Waals surface area contributed by atoms with Crippen LogP contribution >= 0.6 is 17.0 Å². The van der Waals surface area contributed by atoms with Gasteiger partial charge >= 0.3 is 11.9 Å². The van der Waals surface area contributed by atoms with Crippen molar-refractivity contribution in [1.29, 1.82) is 0 Å². The molecule has 0 saturated heterocycles. The summed E-state index contributed by atoms with van der Waals surface area (Å²) in [5.74, 6) is -2.88. The van der Waals surface area contributed by atoms with Crippen molar-refractivity contribution < 1.29 is 33.8 Å². The van der Waals surface area contributed by atoms with Crippen molar-refractivity contribution in [2.45, 2.75) is 46.6 Å². The number of benzene rings is 3. The lowest BCUT2D eigenvalue weighted by atomic mass is 10.1. The molecule has 0 aliphatic heterocycles. The average Bonchev–Trinajstić information content (AvgIpc) is 2.85. The van der Waals surface area contributed by atoms with Crippen LogP contribution in [0, 0.1) is 0 Å². The Morgan fingerprint density at radius 2 is 1.22 bits per heavy atom. The first kappa shape index (κ1) is 33.0. The SMILES string of the molecule is Br.CC(=O)Nc1ccc(C(=O)Oc2cc(CCNC(C)(C)C)cc(O)c2OC(=O)c2ccc(NC(C)=O)cc2)cc1. The normalized spacial score (nSPS) is 10.7. The molecule has 3 rings (SSSR count). The van der Waals surface area contributed by atoms with Gasteiger partial charge in [-0.05, 0) is 100.0 Å². The number of carbonyl (C=O) groups excluding carboxylic acids is 4. The Balaban J connectivity index is 0.00000588. The van der Waals surface area contributed by atoms with E-state index in [2.05, 4.69) is 16.0 Å². The third-order valence-corrected chi connectivity index (χ3v) is 5.44. The molecule has 0 radical (unpaired) electrons. The molecule has 0 aliphatic rings. The van der Waals surface area contributed by atoms with Gasteiger partial charge < -0.3 is 30.5 Å². The Morgan fingerprint density at radius 3 is 1.66 bits per heavy atom. The Morgan fingerprint density at radius 1 is 0.756 bits per heavy atom. The third-order valence-electron chi connectivity index (χ3n) is 5.44. The first-order chi connectivity index (χ1) is 18.8. The number of halogens is 1. The molecule has 0 heterocycles. The number of esters is 2. The largest absolute Gasteiger partial charge is 0.504 e. The second-order valence-electron chi connectivity index (χ2n) is 10.2. The average molecular weight is 629 g/mol. The Kier molecular flexibility index (Phi) is 11.6. The number of phenolic OH excluding ortho intramolecular Hbond substituents is 1. The maximum Gasteiger partial charge on any atom is 0.343 e. The van der Waals surface area contributed by atoms with Crippen LogP contribution in [0.25, 0.3) is 0 Å². The van der Waals surface area contributed by atoms with Crippen molar-refractivity contribution in [3.05, 3.63) is 77.4 Å². The molecule has 0 aromatic heterocycles. The van der Waals surface area contributed by atoms with E-state index in [0.29, 0.717) is 29.9 Å². The van der Waals surface area contributed by atoms with E-state index in [9.17, 15) is 24.3 Å². The van der Waals surface area contributed by atoms with Gasteiger partial charge in [0.2, 0.25) is 17.6 Å². The summed E-state index contributed by atoms with van der Waals surface area (Å²) in [6.07, 6.45) is 0.500. The number of rotatable bonds is 9. The van der Waals surface area contributed by atoms with E-state index in [-0.39, 0.29) is 62.7 Å². The molecule has 0 bridgehead atoms. The molecule has 0 spiro atoms. The van der Waals surface area contributed by atoms with E-state index in [1.807, 2.05) is 20.8 Å². The zero-order valence-electron chi connectivity index (χ0n) is 23.5. The molecule has 0 unspecified atom stereocenters. The standard InChI is InChI=1S/C30H33N3O7.BrH/c1-18(34)32-23-10-6-21(7-11-23)28(37)39-26-17-20(14-15-31-30(3,4)5)16-25(36)27(26)40-29(38)22-8-12-24(13-9-22)33-19(2)35;/h6-13,16-17,31,36H,14-15H2,1-5H3,(H,32,34)(H,33,35);1H. The summed E-state index contributed by atoms with van der Waals surface area (Å²) in [7, 11) is 0. The van der Waals surface area contributed by atoms with Crippen LogP contribution in [0.1, 0.15) is 60.9 Å². The number of aromatic hydroxyl groups is 1. The fourth-order valence-corrected chi connectivity index (χ4v) is 3.64. The molecule has 2 amide bonds. The molecule has 218 valence electrons.